The minimum atomic E-state index is -4.73. The van der Waals surface area contributed by atoms with Gasteiger partial charge in [0.25, 0.3) is 0 Å². The van der Waals surface area contributed by atoms with Crippen molar-refractivity contribution in [2.75, 3.05) is 19.6 Å². The summed E-state index contributed by atoms with van der Waals surface area (Å²) in [5, 5.41) is 9.88. The first-order valence-electron chi connectivity index (χ1n) is 12.5. The Morgan fingerprint density at radius 3 is 2.03 bits per heavy atom. The van der Waals surface area contributed by atoms with Gasteiger partial charge in [0, 0.05) is 51.2 Å². The highest BCUT2D eigenvalue weighted by Crippen LogP contribution is 2.39. The van der Waals surface area contributed by atoms with Gasteiger partial charge in [-0.3, -0.25) is 14.8 Å². The van der Waals surface area contributed by atoms with E-state index in [0.717, 1.165) is 63.6 Å². The van der Waals surface area contributed by atoms with Gasteiger partial charge < -0.3 is 5.11 Å². The molecule has 0 amide bonds. The van der Waals surface area contributed by atoms with Gasteiger partial charge in [0.1, 0.15) is 0 Å². The smallest absolute Gasteiger partial charge is 0.376 e. The maximum Gasteiger partial charge on any atom is 0.421 e. The molecule has 0 bridgehead atoms. The Bertz CT molecular complexity index is 1100. The molecule has 0 aliphatic carbocycles. The van der Waals surface area contributed by atoms with E-state index in [1.54, 1.807) is 12.1 Å². The number of hydrogen-bond acceptors (Lipinski definition) is 4. The molecule has 2 atom stereocenters. The van der Waals surface area contributed by atoms with Gasteiger partial charge in [0.2, 0.25) is 0 Å². The highest BCUT2D eigenvalue weighted by atomic mass is 19.4. The lowest BCUT2D eigenvalue weighted by atomic mass is 9.93. The number of aromatic nitrogens is 1. The first-order chi connectivity index (χ1) is 17.2. The number of piperazine rings is 1. The SMILES string of the molecule is CCC[C@@H]1CN(Cc2ccc(-c3ccc(C(C)(O)C(F)(F)F)cc3)cc2)CCN1Cc1ccncc1. The zero-order chi connectivity index (χ0) is 25.8. The molecule has 3 aromatic rings. The predicted octanol–water partition coefficient (Wildman–Crippen LogP) is 6.00. The van der Waals surface area contributed by atoms with Gasteiger partial charge in [-0.05, 0) is 53.3 Å². The van der Waals surface area contributed by atoms with Crippen molar-refractivity contribution in [1.82, 2.24) is 14.8 Å². The van der Waals surface area contributed by atoms with Gasteiger partial charge in [-0.1, -0.05) is 61.9 Å². The van der Waals surface area contributed by atoms with Crippen LogP contribution in [0.1, 0.15) is 43.4 Å². The number of aliphatic hydroxyl groups is 1. The summed E-state index contributed by atoms with van der Waals surface area (Å²) >= 11 is 0. The zero-order valence-corrected chi connectivity index (χ0v) is 20.9. The van der Waals surface area contributed by atoms with E-state index < -0.39 is 11.8 Å². The van der Waals surface area contributed by atoms with Gasteiger partial charge in [-0.2, -0.15) is 13.2 Å². The molecule has 192 valence electrons. The van der Waals surface area contributed by atoms with Gasteiger partial charge in [0.05, 0.1) is 0 Å². The fraction of sp³-hybridized carbons (Fsp3) is 0.414. The van der Waals surface area contributed by atoms with Crippen molar-refractivity contribution in [2.24, 2.45) is 0 Å². The number of rotatable bonds is 8. The number of benzene rings is 2. The van der Waals surface area contributed by atoms with E-state index in [-0.39, 0.29) is 5.56 Å². The third-order valence-corrected chi connectivity index (χ3v) is 7.14. The maximum atomic E-state index is 13.1. The van der Waals surface area contributed by atoms with Crippen molar-refractivity contribution in [3.63, 3.8) is 0 Å². The standard InChI is InChI=1S/C29H34F3N3O/c1-3-4-27-21-34(17-18-35(27)20-23-13-15-33-16-14-23)19-22-5-7-24(8-6-22)25-9-11-26(12-10-25)28(2,36)29(30,31)32/h5-16,27,36H,3-4,17-21H2,1-2H3/t27-,28?/m1/s1. The zero-order valence-electron chi connectivity index (χ0n) is 20.9. The molecule has 0 saturated carbocycles. The van der Waals surface area contributed by atoms with Crippen LogP contribution in [-0.2, 0) is 18.7 Å². The fourth-order valence-corrected chi connectivity index (χ4v) is 4.85. The highest BCUT2D eigenvalue weighted by molar-refractivity contribution is 5.64. The maximum absolute atomic E-state index is 13.1. The van der Waals surface area contributed by atoms with E-state index in [2.05, 4.69) is 46.0 Å². The van der Waals surface area contributed by atoms with Crippen molar-refractivity contribution < 1.29 is 18.3 Å². The summed E-state index contributed by atoms with van der Waals surface area (Å²) in [4.78, 5) is 9.21. The third kappa shape index (κ3) is 6.14. The van der Waals surface area contributed by atoms with Crippen molar-refractivity contribution in [3.05, 3.63) is 89.7 Å². The second kappa shape index (κ2) is 11.1. The molecule has 0 spiro atoms. The molecule has 0 radical (unpaired) electrons. The summed E-state index contributed by atoms with van der Waals surface area (Å²) in [6, 6.07) is 18.8. The molecule has 7 heteroatoms. The molecular weight excluding hydrogens is 463 g/mol. The summed E-state index contributed by atoms with van der Waals surface area (Å²) in [5.74, 6) is 0. The van der Waals surface area contributed by atoms with Crippen LogP contribution in [0.5, 0.6) is 0 Å². The Labute approximate surface area is 211 Å². The molecule has 1 unspecified atom stereocenters. The first-order valence-corrected chi connectivity index (χ1v) is 12.5. The lowest BCUT2D eigenvalue weighted by Crippen LogP contribution is -2.52. The Morgan fingerprint density at radius 1 is 0.861 bits per heavy atom. The largest absolute Gasteiger partial charge is 0.421 e. The van der Waals surface area contributed by atoms with Crippen LogP contribution >= 0.6 is 0 Å². The molecule has 4 nitrogen and oxygen atoms in total. The predicted molar refractivity (Wildman–Crippen MR) is 136 cm³/mol. The van der Waals surface area contributed by atoms with Gasteiger partial charge in [0.15, 0.2) is 5.60 Å². The van der Waals surface area contributed by atoms with Crippen LogP contribution in [0, 0.1) is 0 Å². The van der Waals surface area contributed by atoms with E-state index in [4.69, 9.17) is 0 Å². The normalized spacial score (nSPS) is 19.2. The minimum Gasteiger partial charge on any atom is -0.376 e. The molecule has 2 heterocycles. The van der Waals surface area contributed by atoms with Crippen LogP contribution in [0.15, 0.2) is 73.1 Å². The number of pyridine rings is 1. The fourth-order valence-electron chi connectivity index (χ4n) is 4.85. The second-order valence-electron chi connectivity index (χ2n) is 9.85. The third-order valence-electron chi connectivity index (χ3n) is 7.14. The second-order valence-corrected chi connectivity index (χ2v) is 9.85. The van der Waals surface area contributed by atoms with Crippen LogP contribution in [-0.4, -0.2) is 51.7 Å². The van der Waals surface area contributed by atoms with E-state index in [1.807, 2.05) is 24.5 Å². The summed E-state index contributed by atoms with van der Waals surface area (Å²) < 4.78 is 39.3. The van der Waals surface area contributed by atoms with E-state index in [0.29, 0.717) is 6.04 Å². The summed E-state index contributed by atoms with van der Waals surface area (Å²) in [7, 11) is 0. The molecule has 4 rings (SSSR count). The quantitative estimate of drug-likeness (QED) is 0.414. The molecule has 1 aliphatic rings. The summed E-state index contributed by atoms with van der Waals surface area (Å²) in [5.41, 5.74) is 1.23. The number of nitrogens with zero attached hydrogens (tertiary/aromatic N) is 3. The van der Waals surface area contributed by atoms with Crippen LogP contribution in [0.25, 0.3) is 11.1 Å². The average Bonchev–Trinajstić information content (AvgIpc) is 2.86. The van der Waals surface area contributed by atoms with Gasteiger partial charge in [-0.15, -0.1) is 0 Å². The Balaban J connectivity index is 1.38. The molecule has 1 saturated heterocycles. The Hall–Kier alpha value is -2.74. The van der Waals surface area contributed by atoms with E-state index in [1.165, 1.54) is 23.3 Å². The highest BCUT2D eigenvalue weighted by Gasteiger charge is 2.51. The van der Waals surface area contributed by atoms with Gasteiger partial charge >= 0.3 is 6.18 Å². The summed E-state index contributed by atoms with van der Waals surface area (Å²) in [6.45, 7) is 7.90. The van der Waals surface area contributed by atoms with Crippen LogP contribution in [0.4, 0.5) is 13.2 Å². The van der Waals surface area contributed by atoms with Crippen molar-refractivity contribution >= 4 is 0 Å². The minimum absolute atomic E-state index is 0.167. The molecule has 1 N–H and O–H groups in total. The van der Waals surface area contributed by atoms with Crippen molar-refractivity contribution in [2.45, 2.75) is 57.6 Å². The molecule has 2 aromatic carbocycles. The van der Waals surface area contributed by atoms with E-state index in [9.17, 15) is 18.3 Å². The Morgan fingerprint density at radius 2 is 1.44 bits per heavy atom. The van der Waals surface area contributed by atoms with Crippen LogP contribution in [0.2, 0.25) is 0 Å². The number of alkyl halides is 3. The van der Waals surface area contributed by atoms with Crippen molar-refractivity contribution in [3.8, 4) is 11.1 Å². The number of hydrogen-bond donors (Lipinski definition) is 1. The summed E-state index contributed by atoms with van der Waals surface area (Å²) in [6.07, 6.45) is 1.29. The van der Waals surface area contributed by atoms with Crippen LogP contribution < -0.4 is 0 Å². The van der Waals surface area contributed by atoms with E-state index >= 15 is 0 Å². The van der Waals surface area contributed by atoms with Crippen molar-refractivity contribution in [1.29, 1.82) is 0 Å². The lowest BCUT2D eigenvalue weighted by Gasteiger charge is -2.41. The van der Waals surface area contributed by atoms with Gasteiger partial charge in [-0.25, -0.2) is 0 Å². The van der Waals surface area contributed by atoms with Crippen LogP contribution in [0.3, 0.4) is 0 Å². The first kappa shape index (κ1) is 26.3. The Kier molecular flexibility index (Phi) is 8.13. The topological polar surface area (TPSA) is 39.6 Å². The average molecular weight is 498 g/mol. The monoisotopic (exact) mass is 497 g/mol. The number of halogens is 3. The lowest BCUT2D eigenvalue weighted by molar-refractivity contribution is -0.258. The molecule has 36 heavy (non-hydrogen) atoms. The molecular formula is C29H34F3N3O. The molecule has 1 aromatic heterocycles. The molecule has 1 fully saturated rings. The molecule has 1 aliphatic heterocycles.